The molecule has 31 heavy (non-hydrogen) atoms. The summed E-state index contributed by atoms with van der Waals surface area (Å²) < 4.78 is 33.1. The highest BCUT2D eigenvalue weighted by molar-refractivity contribution is 5.61. The fraction of sp³-hybridized carbons (Fsp3) is 0.636. The van der Waals surface area contributed by atoms with Crippen molar-refractivity contribution in [3.63, 3.8) is 0 Å². The molecule has 1 aromatic heterocycles. The summed E-state index contributed by atoms with van der Waals surface area (Å²) in [4.78, 5) is 4.21. The topological polar surface area (TPSA) is 77.7 Å². The van der Waals surface area contributed by atoms with E-state index in [0.29, 0.717) is 6.54 Å². The van der Waals surface area contributed by atoms with Gasteiger partial charge in [-0.25, -0.2) is 8.78 Å². The van der Waals surface area contributed by atoms with Gasteiger partial charge >= 0.3 is 6.01 Å². The first-order chi connectivity index (χ1) is 14.6. The van der Waals surface area contributed by atoms with E-state index in [1.165, 1.54) is 6.92 Å². The summed E-state index contributed by atoms with van der Waals surface area (Å²) in [5, 5.41) is 20.5. The normalized spacial score (nSPS) is 19.5. The number of piperazine rings is 1. The summed E-state index contributed by atoms with van der Waals surface area (Å²) in [5.41, 5.74) is 4.19. The Hall–Kier alpha value is -2.10. The third kappa shape index (κ3) is 5.99. The lowest BCUT2D eigenvalue weighted by Crippen LogP contribution is -2.54. The Bertz CT molecular complexity index is 887. The molecule has 3 rings (SSSR count). The Balaban J connectivity index is 1.68. The second-order valence-corrected chi connectivity index (χ2v) is 8.61. The van der Waals surface area contributed by atoms with Crippen LogP contribution in [-0.4, -0.2) is 63.2 Å². The second kappa shape index (κ2) is 9.58. The maximum atomic E-state index is 13.8. The van der Waals surface area contributed by atoms with E-state index in [-0.39, 0.29) is 30.9 Å². The number of aryl methyl sites for hydroxylation is 1. The number of hydrogen-bond acceptors (Lipinski definition) is 7. The number of anilines is 2. The smallest absolute Gasteiger partial charge is 0.320 e. The van der Waals surface area contributed by atoms with Crippen LogP contribution in [0.3, 0.4) is 0 Å². The van der Waals surface area contributed by atoms with Crippen LogP contribution < -0.4 is 5.32 Å². The summed E-state index contributed by atoms with van der Waals surface area (Å²) >= 11 is 0. The summed E-state index contributed by atoms with van der Waals surface area (Å²) in [6, 6.07) is 4.47. The highest BCUT2D eigenvalue weighted by atomic mass is 19.3. The van der Waals surface area contributed by atoms with Crippen molar-refractivity contribution in [2.75, 3.05) is 31.5 Å². The first-order valence-corrected chi connectivity index (χ1v) is 10.8. The van der Waals surface area contributed by atoms with Crippen molar-refractivity contribution >= 4 is 11.7 Å². The second-order valence-electron chi connectivity index (χ2n) is 8.61. The molecular formula is C22H33F2N5O2. The van der Waals surface area contributed by atoms with Crippen molar-refractivity contribution in [2.24, 2.45) is 0 Å². The van der Waals surface area contributed by atoms with Gasteiger partial charge in [-0.15, -0.1) is 5.10 Å². The van der Waals surface area contributed by atoms with Gasteiger partial charge in [0.05, 0.1) is 6.54 Å². The van der Waals surface area contributed by atoms with Gasteiger partial charge in [0.2, 0.25) is 5.89 Å². The van der Waals surface area contributed by atoms with Crippen LogP contribution in [0.5, 0.6) is 0 Å². The van der Waals surface area contributed by atoms with Gasteiger partial charge in [-0.1, -0.05) is 18.1 Å². The molecule has 2 atom stereocenters. The lowest BCUT2D eigenvalue weighted by atomic mass is 10.0. The molecular weight excluding hydrogens is 404 g/mol. The maximum absolute atomic E-state index is 13.8. The Morgan fingerprint density at radius 2 is 2.03 bits per heavy atom. The molecule has 1 fully saturated rings. The van der Waals surface area contributed by atoms with Crippen molar-refractivity contribution in [1.82, 2.24) is 20.0 Å². The predicted molar refractivity (Wildman–Crippen MR) is 116 cm³/mol. The molecule has 172 valence electrons. The Morgan fingerprint density at radius 1 is 1.29 bits per heavy atom. The van der Waals surface area contributed by atoms with Crippen LogP contribution in [0.4, 0.5) is 20.5 Å². The lowest BCUT2D eigenvalue weighted by Gasteiger charge is -2.41. The van der Waals surface area contributed by atoms with E-state index in [0.717, 1.165) is 42.0 Å². The minimum atomic E-state index is -2.63. The van der Waals surface area contributed by atoms with E-state index in [4.69, 9.17) is 4.42 Å². The van der Waals surface area contributed by atoms with Crippen LogP contribution in [0.25, 0.3) is 0 Å². The number of halogens is 2. The molecule has 0 spiro atoms. The first-order valence-electron chi connectivity index (χ1n) is 10.8. The van der Waals surface area contributed by atoms with Crippen molar-refractivity contribution in [2.45, 2.75) is 65.7 Å². The molecule has 0 radical (unpaired) electrons. The number of hydrogen-bond donors (Lipinski definition) is 2. The number of rotatable bonds is 8. The molecule has 2 N–H and O–H groups in total. The zero-order valence-corrected chi connectivity index (χ0v) is 19.0. The number of benzene rings is 1. The van der Waals surface area contributed by atoms with Crippen molar-refractivity contribution in [3.8, 4) is 0 Å². The molecule has 2 heterocycles. The van der Waals surface area contributed by atoms with E-state index in [1.54, 1.807) is 6.92 Å². The first kappa shape index (κ1) is 23.6. The van der Waals surface area contributed by atoms with Gasteiger partial charge in [0, 0.05) is 44.3 Å². The predicted octanol–water partition coefficient (Wildman–Crippen LogP) is 4.03. The number of aliphatic hydroxyl groups excluding tert-OH is 1. The highest BCUT2D eigenvalue weighted by Gasteiger charge is 2.34. The van der Waals surface area contributed by atoms with Crippen LogP contribution in [-0.2, 0) is 6.54 Å². The summed E-state index contributed by atoms with van der Waals surface area (Å²) in [6.45, 7) is 11.9. The number of aromatic nitrogens is 2. The van der Waals surface area contributed by atoms with Gasteiger partial charge in [0.25, 0.3) is 5.92 Å². The average molecular weight is 438 g/mol. The summed E-state index contributed by atoms with van der Waals surface area (Å²) in [7, 11) is 0. The molecule has 0 aliphatic carbocycles. The molecule has 0 saturated carbocycles. The largest absolute Gasteiger partial charge is 0.405 e. The number of nitrogens with one attached hydrogen (secondary N) is 1. The summed E-state index contributed by atoms with van der Waals surface area (Å²) in [6.07, 6.45) is -0.952. The SMILES string of the molecule is CCC(F)(F)CN1CCN(Cc2cc(C)cc(Nc3nnc([C@@H](C)O)o3)c2C)C[C@@H]1C. The minimum absolute atomic E-state index is 0.0752. The van der Waals surface area contributed by atoms with Gasteiger partial charge in [-0.2, -0.15) is 0 Å². The molecule has 0 unspecified atom stereocenters. The average Bonchev–Trinajstić information content (AvgIpc) is 3.16. The number of nitrogens with zero attached hydrogens (tertiary/aromatic N) is 4. The molecule has 2 aromatic rings. The van der Waals surface area contributed by atoms with Crippen LogP contribution in [0.1, 0.15) is 55.9 Å². The van der Waals surface area contributed by atoms with E-state index in [9.17, 15) is 13.9 Å². The van der Waals surface area contributed by atoms with Crippen molar-refractivity contribution in [3.05, 3.63) is 34.7 Å². The third-order valence-corrected chi connectivity index (χ3v) is 5.89. The van der Waals surface area contributed by atoms with E-state index >= 15 is 0 Å². The van der Waals surface area contributed by atoms with E-state index in [1.807, 2.05) is 31.7 Å². The fourth-order valence-corrected chi connectivity index (χ4v) is 3.90. The third-order valence-electron chi connectivity index (χ3n) is 5.89. The molecule has 1 aromatic carbocycles. The van der Waals surface area contributed by atoms with Crippen LogP contribution >= 0.6 is 0 Å². The minimum Gasteiger partial charge on any atom is -0.405 e. The van der Waals surface area contributed by atoms with Gasteiger partial charge in [0.15, 0.2) is 0 Å². The van der Waals surface area contributed by atoms with Gasteiger partial charge in [0.1, 0.15) is 6.10 Å². The molecule has 1 saturated heterocycles. The zero-order chi connectivity index (χ0) is 22.8. The zero-order valence-electron chi connectivity index (χ0n) is 19.0. The van der Waals surface area contributed by atoms with Gasteiger partial charge in [-0.05, 0) is 50.5 Å². The number of aliphatic hydroxyl groups is 1. The molecule has 1 aliphatic heterocycles. The number of alkyl halides is 2. The standard InChI is InChI=1S/C22H33F2N5O2/c1-6-22(23,24)13-29-8-7-28(11-15(29)3)12-18-9-14(2)10-19(16(18)4)25-21-27-26-20(31-21)17(5)30/h9-10,15,17,30H,6-8,11-13H2,1-5H3,(H,25,27)/t15-,17+/m0/s1. The summed E-state index contributed by atoms with van der Waals surface area (Å²) in [5.74, 6) is -2.47. The Kier molecular flexibility index (Phi) is 7.28. The lowest BCUT2D eigenvalue weighted by molar-refractivity contribution is -0.0579. The van der Waals surface area contributed by atoms with Crippen molar-refractivity contribution < 1.29 is 18.3 Å². The molecule has 0 amide bonds. The van der Waals surface area contributed by atoms with Crippen LogP contribution in [0.2, 0.25) is 0 Å². The Morgan fingerprint density at radius 3 is 2.65 bits per heavy atom. The fourth-order valence-electron chi connectivity index (χ4n) is 3.90. The van der Waals surface area contributed by atoms with Gasteiger partial charge < -0.3 is 14.8 Å². The van der Waals surface area contributed by atoms with Crippen molar-refractivity contribution in [1.29, 1.82) is 0 Å². The quantitative estimate of drug-likeness (QED) is 0.645. The maximum Gasteiger partial charge on any atom is 0.320 e. The van der Waals surface area contributed by atoms with Crippen LogP contribution in [0, 0.1) is 13.8 Å². The van der Waals surface area contributed by atoms with E-state index < -0.39 is 12.0 Å². The monoisotopic (exact) mass is 437 g/mol. The van der Waals surface area contributed by atoms with Crippen LogP contribution in [0.15, 0.2) is 16.5 Å². The Labute approximate surface area is 182 Å². The van der Waals surface area contributed by atoms with E-state index in [2.05, 4.69) is 26.5 Å². The molecule has 9 heteroatoms. The molecule has 0 bridgehead atoms. The molecule has 1 aliphatic rings. The highest BCUT2D eigenvalue weighted by Crippen LogP contribution is 2.28. The molecule has 7 nitrogen and oxygen atoms in total. The van der Waals surface area contributed by atoms with Gasteiger partial charge in [-0.3, -0.25) is 9.80 Å².